The van der Waals surface area contributed by atoms with Gasteiger partial charge in [0.05, 0.1) is 18.7 Å². The van der Waals surface area contributed by atoms with Crippen LogP contribution in [-0.4, -0.2) is 23.4 Å². The van der Waals surface area contributed by atoms with Crippen LogP contribution in [0.1, 0.15) is 37.3 Å². The second kappa shape index (κ2) is 8.33. The number of nitrogens with zero attached hydrogens (tertiary/aromatic N) is 1. The molecular weight excluding hydrogens is 364 g/mol. The largest absolute Gasteiger partial charge is 0.463 e. The van der Waals surface area contributed by atoms with E-state index in [0.29, 0.717) is 16.8 Å². The summed E-state index contributed by atoms with van der Waals surface area (Å²) in [5, 5.41) is 0. The number of carbonyl (C=O) groups is 2. The van der Waals surface area contributed by atoms with Gasteiger partial charge in [0.25, 0.3) is 0 Å². The predicted molar refractivity (Wildman–Crippen MR) is 100 cm³/mol. The summed E-state index contributed by atoms with van der Waals surface area (Å²) in [5.74, 6) is -2.08. The highest BCUT2D eigenvalue weighted by Gasteiger charge is 2.37. The molecule has 0 N–H and O–H groups in total. The van der Waals surface area contributed by atoms with E-state index < -0.39 is 17.7 Å². The van der Waals surface area contributed by atoms with Gasteiger partial charge in [0.1, 0.15) is 11.6 Å². The molecule has 6 heteroatoms. The van der Waals surface area contributed by atoms with Crippen LogP contribution in [0.4, 0.5) is 8.78 Å². The number of esters is 1. The molecule has 0 spiro atoms. The van der Waals surface area contributed by atoms with E-state index in [2.05, 4.69) is 0 Å². The Morgan fingerprint density at radius 1 is 1.14 bits per heavy atom. The van der Waals surface area contributed by atoms with Crippen LogP contribution in [0.25, 0.3) is 0 Å². The third-order valence-corrected chi connectivity index (χ3v) is 4.82. The molecule has 4 nitrogen and oxygen atoms in total. The first kappa shape index (κ1) is 19.7. The molecule has 1 amide bonds. The number of hydrogen-bond donors (Lipinski definition) is 0. The molecule has 3 rings (SSSR count). The summed E-state index contributed by atoms with van der Waals surface area (Å²) in [6.07, 6.45) is 0.0239. The number of hydrogen-bond acceptors (Lipinski definition) is 3. The highest BCUT2D eigenvalue weighted by molar-refractivity contribution is 5.95. The Morgan fingerprint density at radius 3 is 2.50 bits per heavy atom. The molecular formula is C22H21F2NO3. The first-order chi connectivity index (χ1) is 13.4. The number of ether oxygens (including phenoxy) is 1. The normalized spacial score (nSPS) is 17.1. The predicted octanol–water partition coefficient (Wildman–Crippen LogP) is 4.32. The van der Waals surface area contributed by atoms with Gasteiger partial charge in [-0.2, -0.15) is 0 Å². The molecule has 1 heterocycles. The van der Waals surface area contributed by atoms with Crippen LogP contribution < -0.4 is 0 Å². The summed E-state index contributed by atoms with van der Waals surface area (Å²) in [6.45, 7) is 3.79. The maximum atomic E-state index is 13.7. The lowest BCUT2D eigenvalue weighted by Gasteiger charge is -2.34. The number of allylic oxidation sites excluding steroid dienone is 1. The Labute approximate surface area is 162 Å². The monoisotopic (exact) mass is 385 g/mol. The molecule has 1 atom stereocenters. The van der Waals surface area contributed by atoms with Crippen LogP contribution in [-0.2, 0) is 20.9 Å². The van der Waals surface area contributed by atoms with Crippen molar-refractivity contribution >= 4 is 11.9 Å². The molecule has 0 aliphatic carbocycles. The molecule has 0 fully saturated rings. The quantitative estimate of drug-likeness (QED) is 0.721. The van der Waals surface area contributed by atoms with E-state index in [1.165, 1.54) is 29.2 Å². The van der Waals surface area contributed by atoms with E-state index in [1.807, 2.05) is 0 Å². The number of halogens is 2. The van der Waals surface area contributed by atoms with E-state index in [9.17, 15) is 18.4 Å². The van der Waals surface area contributed by atoms with E-state index >= 15 is 0 Å². The Balaban J connectivity index is 2.02. The Morgan fingerprint density at radius 2 is 1.86 bits per heavy atom. The van der Waals surface area contributed by atoms with Crippen molar-refractivity contribution in [2.24, 2.45) is 0 Å². The van der Waals surface area contributed by atoms with Crippen LogP contribution in [0, 0.1) is 11.6 Å². The molecule has 0 bridgehead atoms. The zero-order valence-corrected chi connectivity index (χ0v) is 15.7. The molecule has 0 saturated heterocycles. The fourth-order valence-corrected chi connectivity index (χ4v) is 3.46. The van der Waals surface area contributed by atoms with Crippen LogP contribution in [0.15, 0.2) is 59.8 Å². The third-order valence-electron chi connectivity index (χ3n) is 4.82. The van der Waals surface area contributed by atoms with E-state index in [4.69, 9.17) is 4.74 Å². The third kappa shape index (κ3) is 4.11. The number of carbonyl (C=O) groups excluding carboxylic acids is 2. The van der Waals surface area contributed by atoms with Crippen molar-refractivity contribution in [3.63, 3.8) is 0 Å². The molecule has 0 aromatic heterocycles. The molecule has 1 aliphatic rings. The Hall–Kier alpha value is -3.02. The van der Waals surface area contributed by atoms with Crippen molar-refractivity contribution in [1.29, 1.82) is 0 Å². The van der Waals surface area contributed by atoms with Crippen molar-refractivity contribution in [3.05, 3.63) is 82.6 Å². The first-order valence-electron chi connectivity index (χ1n) is 9.08. The fourth-order valence-electron chi connectivity index (χ4n) is 3.46. The zero-order chi connectivity index (χ0) is 20.3. The van der Waals surface area contributed by atoms with Crippen LogP contribution in [0.2, 0.25) is 0 Å². The summed E-state index contributed by atoms with van der Waals surface area (Å²) in [4.78, 5) is 27.0. The highest BCUT2D eigenvalue weighted by Crippen LogP contribution is 2.37. The van der Waals surface area contributed by atoms with E-state index in [0.717, 1.165) is 5.56 Å². The molecule has 2 aromatic carbocycles. The molecule has 1 aliphatic heterocycles. The van der Waals surface area contributed by atoms with Gasteiger partial charge in [0.2, 0.25) is 5.91 Å². The second-order valence-electron chi connectivity index (χ2n) is 6.64. The summed E-state index contributed by atoms with van der Waals surface area (Å²) in [5.41, 5.74) is 2.10. The lowest BCUT2D eigenvalue weighted by Crippen LogP contribution is -2.38. The van der Waals surface area contributed by atoms with Gasteiger partial charge < -0.3 is 9.64 Å². The maximum Gasteiger partial charge on any atom is 0.336 e. The van der Waals surface area contributed by atoms with Crippen LogP contribution in [0.5, 0.6) is 0 Å². The molecule has 28 heavy (non-hydrogen) atoms. The van der Waals surface area contributed by atoms with Gasteiger partial charge >= 0.3 is 5.97 Å². The second-order valence-corrected chi connectivity index (χ2v) is 6.64. The summed E-state index contributed by atoms with van der Waals surface area (Å²) in [7, 11) is 0. The lowest BCUT2D eigenvalue weighted by atomic mass is 9.83. The van der Waals surface area contributed by atoms with Gasteiger partial charge in [-0.25, -0.2) is 13.6 Å². The smallest absolute Gasteiger partial charge is 0.336 e. The maximum absolute atomic E-state index is 13.7. The summed E-state index contributed by atoms with van der Waals surface area (Å²) < 4.78 is 32.1. The van der Waals surface area contributed by atoms with Crippen LogP contribution in [0.3, 0.4) is 0 Å². The molecule has 146 valence electrons. The van der Waals surface area contributed by atoms with Crippen molar-refractivity contribution in [2.45, 2.75) is 32.7 Å². The van der Waals surface area contributed by atoms with Crippen LogP contribution >= 0.6 is 0 Å². The van der Waals surface area contributed by atoms with Crippen molar-refractivity contribution in [1.82, 2.24) is 4.90 Å². The molecule has 0 saturated carbocycles. The summed E-state index contributed by atoms with van der Waals surface area (Å²) in [6, 6.07) is 11.7. The number of benzene rings is 2. The molecule has 0 radical (unpaired) electrons. The standard InChI is InChI=1S/C22H21F2NO3/c1-3-28-22(27)21-14(2)25(13-15-7-9-17(23)10-8-15)20(26)12-19(21)16-5-4-6-18(24)11-16/h4-11,19H,3,12-13H2,1-2H3. The van der Waals surface area contributed by atoms with Gasteiger partial charge in [0.15, 0.2) is 0 Å². The van der Waals surface area contributed by atoms with Gasteiger partial charge in [-0.05, 0) is 49.2 Å². The topological polar surface area (TPSA) is 46.6 Å². The summed E-state index contributed by atoms with van der Waals surface area (Å²) >= 11 is 0. The Bertz CT molecular complexity index is 922. The molecule has 1 unspecified atom stereocenters. The van der Waals surface area contributed by atoms with Gasteiger partial charge in [-0.1, -0.05) is 24.3 Å². The lowest BCUT2D eigenvalue weighted by molar-refractivity contribution is -0.140. The first-order valence-corrected chi connectivity index (χ1v) is 9.08. The average Bonchev–Trinajstić information content (AvgIpc) is 2.66. The fraction of sp³-hybridized carbons (Fsp3) is 0.273. The minimum absolute atomic E-state index is 0.0239. The Kier molecular flexibility index (Phi) is 5.87. The number of rotatable bonds is 5. The van der Waals surface area contributed by atoms with E-state index in [1.54, 1.807) is 38.1 Å². The highest BCUT2D eigenvalue weighted by atomic mass is 19.1. The van der Waals surface area contributed by atoms with Crippen molar-refractivity contribution in [2.75, 3.05) is 6.61 Å². The van der Waals surface area contributed by atoms with Gasteiger partial charge in [-0.15, -0.1) is 0 Å². The van der Waals surface area contributed by atoms with Crippen molar-refractivity contribution in [3.8, 4) is 0 Å². The number of amides is 1. The molecule has 2 aromatic rings. The minimum atomic E-state index is -0.577. The minimum Gasteiger partial charge on any atom is -0.463 e. The van der Waals surface area contributed by atoms with Gasteiger partial charge in [0, 0.05) is 18.0 Å². The average molecular weight is 385 g/mol. The van der Waals surface area contributed by atoms with E-state index in [-0.39, 0.29) is 31.3 Å². The van der Waals surface area contributed by atoms with Crippen molar-refractivity contribution < 1.29 is 23.1 Å². The van der Waals surface area contributed by atoms with Gasteiger partial charge in [-0.3, -0.25) is 4.79 Å². The zero-order valence-electron chi connectivity index (χ0n) is 15.7. The SMILES string of the molecule is CCOC(=O)C1=C(C)N(Cc2ccc(F)cc2)C(=O)CC1c1cccc(F)c1.